The zero-order valence-corrected chi connectivity index (χ0v) is 17.7. The van der Waals surface area contributed by atoms with E-state index in [1.807, 2.05) is 43.3 Å². The van der Waals surface area contributed by atoms with Crippen molar-refractivity contribution in [2.75, 3.05) is 26.6 Å². The summed E-state index contributed by atoms with van der Waals surface area (Å²) < 4.78 is 17.6. The summed E-state index contributed by atoms with van der Waals surface area (Å²) in [4.78, 5) is 17.7. The molecule has 0 aliphatic carbocycles. The van der Waals surface area contributed by atoms with Crippen molar-refractivity contribution in [2.24, 2.45) is 0 Å². The van der Waals surface area contributed by atoms with E-state index in [4.69, 9.17) is 14.2 Å². The molecular weight excluding hydrogens is 396 g/mol. The quantitative estimate of drug-likeness (QED) is 0.509. The fourth-order valence-corrected chi connectivity index (χ4v) is 3.34. The summed E-state index contributed by atoms with van der Waals surface area (Å²) in [5.41, 5.74) is 1.94. The number of anilines is 1. The average molecular weight is 418 g/mol. The van der Waals surface area contributed by atoms with E-state index in [9.17, 15) is 4.79 Å². The van der Waals surface area contributed by atoms with E-state index in [1.165, 1.54) is 21.3 Å². The van der Waals surface area contributed by atoms with Gasteiger partial charge in [0.15, 0.2) is 17.3 Å². The molecule has 0 saturated carbocycles. The molecule has 0 spiro atoms. The lowest BCUT2D eigenvalue weighted by molar-refractivity contribution is 0.102. The summed E-state index contributed by atoms with van der Waals surface area (Å²) in [6, 6.07) is 16.6. The normalized spacial score (nSPS) is 10.7. The van der Waals surface area contributed by atoms with E-state index in [2.05, 4.69) is 15.4 Å². The van der Waals surface area contributed by atoms with E-state index in [1.54, 1.807) is 22.9 Å². The van der Waals surface area contributed by atoms with Crippen LogP contribution in [0.5, 0.6) is 17.2 Å². The van der Waals surface area contributed by atoms with Crippen LogP contribution >= 0.6 is 0 Å². The highest BCUT2D eigenvalue weighted by Gasteiger charge is 2.19. The van der Waals surface area contributed by atoms with Gasteiger partial charge in [-0.25, -0.2) is 4.98 Å². The SMILES string of the molecule is COc1cc(C(=O)Nc2cc(C)nn2-c2ccc3ccccc3n2)cc(OC)c1OC. The Morgan fingerprint density at radius 2 is 1.65 bits per heavy atom. The third kappa shape index (κ3) is 3.87. The molecule has 0 radical (unpaired) electrons. The molecule has 2 aromatic heterocycles. The number of aromatic nitrogens is 3. The molecule has 8 heteroatoms. The number of para-hydroxylation sites is 1. The summed E-state index contributed by atoms with van der Waals surface area (Å²) in [6.07, 6.45) is 0. The third-order valence-corrected chi connectivity index (χ3v) is 4.80. The summed E-state index contributed by atoms with van der Waals surface area (Å²) in [5.74, 6) is 1.97. The number of ether oxygens (including phenoxy) is 3. The van der Waals surface area contributed by atoms with Gasteiger partial charge in [-0.15, -0.1) is 0 Å². The maximum Gasteiger partial charge on any atom is 0.257 e. The highest BCUT2D eigenvalue weighted by molar-refractivity contribution is 6.04. The van der Waals surface area contributed by atoms with Crippen LogP contribution in [0.15, 0.2) is 54.6 Å². The van der Waals surface area contributed by atoms with Gasteiger partial charge in [-0.1, -0.05) is 18.2 Å². The van der Waals surface area contributed by atoms with E-state index >= 15 is 0 Å². The van der Waals surface area contributed by atoms with Gasteiger partial charge < -0.3 is 19.5 Å². The van der Waals surface area contributed by atoms with Crippen LogP contribution in [0.4, 0.5) is 5.82 Å². The number of rotatable bonds is 6. The molecule has 0 aliphatic rings. The number of aryl methyl sites for hydroxylation is 1. The van der Waals surface area contributed by atoms with Gasteiger partial charge in [-0.3, -0.25) is 4.79 Å². The molecule has 0 atom stereocenters. The van der Waals surface area contributed by atoms with Gasteiger partial charge in [-0.05, 0) is 37.3 Å². The Morgan fingerprint density at radius 1 is 0.935 bits per heavy atom. The monoisotopic (exact) mass is 418 g/mol. The van der Waals surface area contributed by atoms with Crippen LogP contribution in [0.3, 0.4) is 0 Å². The van der Waals surface area contributed by atoms with Crippen molar-refractivity contribution in [3.63, 3.8) is 0 Å². The van der Waals surface area contributed by atoms with Crippen molar-refractivity contribution in [3.05, 3.63) is 65.9 Å². The van der Waals surface area contributed by atoms with Crippen molar-refractivity contribution < 1.29 is 19.0 Å². The first-order valence-electron chi connectivity index (χ1n) is 9.58. The molecule has 158 valence electrons. The van der Waals surface area contributed by atoms with Crippen LogP contribution in [0, 0.1) is 6.92 Å². The van der Waals surface area contributed by atoms with Gasteiger partial charge in [0.2, 0.25) is 5.75 Å². The van der Waals surface area contributed by atoms with Gasteiger partial charge >= 0.3 is 0 Å². The van der Waals surface area contributed by atoms with Crippen LogP contribution < -0.4 is 19.5 Å². The van der Waals surface area contributed by atoms with Crippen molar-refractivity contribution in [3.8, 4) is 23.1 Å². The molecule has 1 amide bonds. The molecule has 8 nitrogen and oxygen atoms in total. The Morgan fingerprint density at radius 3 is 2.32 bits per heavy atom. The van der Waals surface area contributed by atoms with E-state index in [0.717, 1.165) is 16.6 Å². The number of benzene rings is 2. The lowest BCUT2D eigenvalue weighted by atomic mass is 10.1. The lowest BCUT2D eigenvalue weighted by Crippen LogP contribution is -2.16. The van der Waals surface area contributed by atoms with Crippen LogP contribution in [-0.4, -0.2) is 42.0 Å². The number of hydrogen-bond donors (Lipinski definition) is 1. The molecule has 1 N–H and O–H groups in total. The zero-order valence-electron chi connectivity index (χ0n) is 17.7. The number of methoxy groups -OCH3 is 3. The first-order valence-corrected chi connectivity index (χ1v) is 9.58. The smallest absolute Gasteiger partial charge is 0.257 e. The summed E-state index contributed by atoms with van der Waals surface area (Å²) >= 11 is 0. The molecule has 4 rings (SSSR count). The van der Waals surface area contributed by atoms with Gasteiger partial charge in [0, 0.05) is 17.0 Å². The minimum atomic E-state index is -0.346. The van der Waals surface area contributed by atoms with Crippen molar-refractivity contribution >= 4 is 22.6 Å². The van der Waals surface area contributed by atoms with Gasteiger partial charge in [0.1, 0.15) is 5.82 Å². The van der Waals surface area contributed by atoms with Gasteiger partial charge in [0.25, 0.3) is 5.91 Å². The third-order valence-electron chi connectivity index (χ3n) is 4.80. The second-order valence-corrected chi connectivity index (χ2v) is 6.81. The van der Waals surface area contributed by atoms with Gasteiger partial charge in [-0.2, -0.15) is 9.78 Å². The van der Waals surface area contributed by atoms with Crippen molar-refractivity contribution in [2.45, 2.75) is 6.92 Å². The number of nitrogens with one attached hydrogen (secondary N) is 1. The van der Waals surface area contributed by atoms with E-state index in [-0.39, 0.29) is 5.91 Å². The summed E-state index contributed by atoms with van der Waals surface area (Å²) in [5, 5.41) is 8.43. The highest BCUT2D eigenvalue weighted by atomic mass is 16.5. The maximum atomic E-state index is 13.0. The molecule has 31 heavy (non-hydrogen) atoms. The molecule has 0 unspecified atom stereocenters. The first kappa shape index (κ1) is 20.2. The fraction of sp³-hybridized carbons (Fsp3) is 0.174. The van der Waals surface area contributed by atoms with Crippen LogP contribution in [-0.2, 0) is 0 Å². The average Bonchev–Trinajstić information content (AvgIpc) is 3.17. The number of hydrogen-bond acceptors (Lipinski definition) is 6. The molecular formula is C23H22N4O4. The molecule has 0 fully saturated rings. The Labute approximate surface area is 179 Å². The zero-order chi connectivity index (χ0) is 22.0. The lowest BCUT2D eigenvalue weighted by Gasteiger charge is -2.14. The topological polar surface area (TPSA) is 87.5 Å². The maximum absolute atomic E-state index is 13.0. The minimum Gasteiger partial charge on any atom is -0.493 e. The summed E-state index contributed by atoms with van der Waals surface area (Å²) in [7, 11) is 4.52. The Kier molecular flexibility index (Phi) is 5.44. The Balaban J connectivity index is 1.70. The molecule has 0 saturated heterocycles. The van der Waals surface area contributed by atoms with Crippen LogP contribution in [0.2, 0.25) is 0 Å². The number of carbonyl (C=O) groups is 1. The van der Waals surface area contributed by atoms with E-state index in [0.29, 0.717) is 34.4 Å². The minimum absolute atomic E-state index is 0.346. The number of pyridine rings is 1. The number of nitrogens with zero attached hydrogens (tertiary/aromatic N) is 3. The molecule has 2 aromatic carbocycles. The second-order valence-electron chi connectivity index (χ2n) is 6.81. The van der Waals surface area contributed by atoms with Crippen molar-refractivity contribution in [1.29, 1.82) is 0 Å². The molecule has 2 heterocycles. The fourth-order valence-electron chi connectivity index (χ4n) is 3.34. The van der Waals surface area contributed by atoms with E-state index < -0.39 is 0 Å². The number of amides is 1. The molecule has 4 aromatic rings. The molecule has 0 aliphatic heterocycles. The molecule has 0 bridgehead atoms. The van der Waals surface area contributed by atoms with Crippen LogP contribution in [0.25, 0.3) is 16.7 Å². The second kappa shape index (κ2) is 8.35. The Hall–Kier alpha value is -4.07. The standard InChI is InChI=1S/C23H22N4O4/c1-14-11-21(27(26-14)20-10-9-15-7-5-6-8-17(15)24-20)25-23(28)16-12-18(29-2)22(31-4)19(13-16)30-3/h5-13H,1-4H3,(H,25,28). The van der Waals surface area contributed by atoms with Crippen molar-refractivity contribution in [1.82, 2.24) is 14.8 Å². The predicted molar refractivity (Wildman–Crippen MR) is 118 cm³/mol. The summed E-state index contributed by atoms with van der Waals surface area (Å²) in [6.45, 7) is 1.85. The number of fused-ring (bicyclic) bond motifs is 1. The first-order chi connectivity index (χ1) is 15.0. The van der Waals surface area contributed by atoms with Gasteiger partial charge in [0.05, 0.1) is 32.5 Å². The largest absolute Gasteiger partial charge is 0.493 e. The van der Waals surface area contributed by atoms with Crippen LogP contribution in [0.1, 0.15) is 16.1 Å². The Bertz CT molecular complexity index is 1240. The number of carbonyl (C=O) groups excluding carboxylic acids is 1. The predicted octanol–water partition coefficient (Wildman–Crippen LogP) is 4.01. The highest BCUT2D eigenvalue weighted by Crippen LogP contribution is 2.38.